The van der Waals surface area contributed by atoms with Gasteiger partial charge in [0.2, 0.25) is 5.91 Å². The van der Waals surface area contributed by atoms with E-state index in [4.69, 9.17) is 0 Å². The number of hydrogen-bond acceptors (Lipinski definition) is 3. The summed E-state index contributed by atoms with van der Waals surface area (Å²) in [5.74, 6) is 2.18. The molecule has 0 bridgehead atoms. The van der Waals surface area contributed by atoms with Gasteiger partial charge in [0.1, 0.15) is 0 Å². The van der Waals surface area contributed by atoms with Gasteiger partial charge in [0.05, 0.1) is 5.75 Å². The number of rotatable bonds is 3. The van der Waals surface area contributed by atoms with E-state index >= 15 is 0 Å². The summed E-state index contributed by atoms with van der Waals surface area (Å²) in [6, 6.07) is 14.8. The van der Waals surface area contributed by atoms with Gasteiger partial charge in [-0.1, -0.05) is 30.3 Å². The highest BCUT2D eigenvalue weighted by Crippen LogP contribution is 2.28. The number of fused-ring (bicyclic) bond motifs is 2. The van der Waals surface area contributed by atoms with Crippen molar-refractivity contribution in [3.05, 3.63) is 42.5 Å². The van der Waals surface area contributed by atoms with Crippen molar-refractivity contribution in [2.75, 3.05) is 31.9 Å². The fourth-order valence-electron chi connectivity index (χ4n) is 3.55. The summed E-state index contributed by atoms with van der Waals surface area (Å²) in [4.78, 5) is 15.6. The Morgan fingerprint density at radius 3 is 2.59 bits per heavy atom. The summed E-state index contributed by atoms with van der Waals surface area (Å²) in [5, 5.41) is 5.90. The largest absolute Gasteiger partial charge is 0.341 e. The van der Waals surface area contributed by atoms with Crippen molar-refractivity contribution in [3.63, 3.8) is 0 Å². The molecular formula is C18H20N2OS. The predicted octanol–water partition coefficient (Wildman–Crippen LogP) is 2.61. The van der Waals surface area contributed by atoms with E-state index in [1.54, 1.807) is 11.8 Å². The zero-order valence-corrected chi connectivity index (χ0v) is 13.3. The lowest BCUT2D eigenvalue weighted by Gasteiger charge is -2.17. The van der Waals surface area contributed by atoms with E-state index in [2.05, 4.69) is 52.7 Å². The molecule has 3 nitrogen and oxygen atoms in total. The number of hydrogen-bond donors (Lipinski definition) is 1. The topological polar surface area (TPSA) is 32.3 Å². The maximum atomic E-state index is 12.4. The minimum Gasteiger partial charge on any atom is -0.341 e. The highest BCUT2D eigenvalue weighted by Gasteiger charge is 2.37. The van der Waals surface area contributed by atoms with Gasteiger partial charge in [-0.2, -0.15) is 0 Å². The Balaban J connectivity index is 1.38. The first-order chi connectivity index (χ1) is 10.8. The van der Waals surface area contributed by atoms with Crippen LogP contribution in [0.4, 0.5) is 0 Å². The average Bonchev–Trinajstić information content (AvgIpc) is 3.14. The first-order valence-corrected chi connectivity index (χ1v) is 8.88. The van der Waals surface area contributed by atoms with E-state index in [0.29, 0.717) is 17.6 Å². The van der Waals surface area contributed by atoms with Crippen molar-refractivity contribution in [2.24, 2.45) is 11.8 Å². The molecule has 4 heteroatoms. The summed E-state index contributed by atoms with van der Waals surface area (Å²) in [5.41, 5.74) is 0. The molecular weight excluding hydrogens is 292 g/mol. The molecule has 1 amide bonds. The highest BCUT2D eigenvalue weighted by atomic mass is 32.2. The van der Waals surface area contributed by atoms with Crippen LogP contribution in [0.2, 0.25) is 0 Å². The Kier molecular flexibility index (Phi) is 3.80. The number of carbonyl (C=O) groups excluding carboxylic acids is 1. The zero-order chi connectivity index (χ0) is 14.9. The molecule has 2 aromatic carbocycles. The Bertz CT molecular complexity index is 690. The van der Waals surface area contributed by atoms with Gasteiger partial charge in [-0.3, -0.25) is 4.79 Å². The summed E-state index contributed by atoms with van der Waals surface area (Å²) >= 11 is 1.65. The van der Waals surface area contributed by atoms with Crippen LogP contribution in [0.5, 0.6) is 0 Å². The highest BCUT2D eigenvalue weighted by molar-refractivity contribution is 8.00. The Hall–Kier alpha value is -1.52. The zero-order valence-electron chi connectivity index (χ0n) is 12.5. The maximum absolute atomic E-state index is 12.4. The fraction of sp³-hybridized carbons (Fsp3) is 0.389. The van der Waals surface area contributed by atoms with Crippen molar-refractivity contribution < 1.29 is 4.79 Å². The molecule has 2 atom stereocenters. The third-order valence-electron chi connectivity index (χ3n) is 4.83. The maximum Gasteiger partial charge on any atom is 0.232 e. The Morgan fingerprint density at radius 2 is 1.82 bits per heavy atom. The summed E-state index contributed by atoms with van der Waals surface area (Å²) in [6.45, 7) is 4.03. The molecule has 1 N–H and O–H groups in total. The second kappa shape index (κ2) is 5.94. The van der Waals surface area contributed by atoms with Crippen LogP contribution in [-0.2, 0) is 4.79 Å². The van der Waals surface area contributed by atoms with E-state index in [9.17, 15) is 4.79 Å². The second-order valence-corrected chi connectivity index (χ2v) is 7.32. The van der Waals surface area contributed by atoms with Crippen LogP contribution in [-0.4, -0.2) is 42.7 Å². The van der Waals surface area contributed by atoms with Crippen LogP contribution >= 0.6 is 11.8 Å². The molecule has 2 aliphatic rings. The lowest BCUT2D eigenvalue weighted by molar-refractivity contribution is -0.127. The molecule has 114 valence electrons. The SMILES string of the molecule is O=C(CSc1ccc2ccccc2c1)N1C[C@H]2CNC[C@H]2C1. The van der Waals surface area contributed by atoms with Crippen LogP contribution in [0.15, 0.2) is 47.4 Å². The summed E-state index contributed by atoms with van der Waals surface area (Å²) < 4.78 is 0. The molecule has 0 radical (unpaired) electrons. The van der Waals surface area contributed by atoms with Crippen molar-refractivity contribution in [2.45, 2.75) is 4.90 Å². The molecule has 0 aliphatic carbocycles. The van der Waals surface area contributed by atoms with Crippen LogP contribution in [0.1, 0.15) is 0 Å². The van der Waals surface area contributed by atoms with Gasteiger partial charge in [-0.05, 0) is 34.7 Å². The molecule has 2 saturated heterocycles. The fourth-order valence-corrected chi connectivity index (χ4v) is 4.40. The molecule has 22 heavy (non-hydrogen) atoms. The summed E-state index contributed by atoms with van der Waals surface area (Å²) in [6.07, 6.45) is 0. The first kappa shape index (κ1) is 14.1. The van der Waals surface area contributed by atoms with Crippen LogP contribution in [0, 0.1) is 11.8 Å². The molecule has 4 rings (SSSR count). The third kappa shape index (κ3) is 2.73. The molecule has 2 aromatic rings. The molecule has 2 heterocycles. The number of amides is 1. The van der Waals surface area contributed by atoms with Gasteiger partial charge in [-0.25, -0.2) is 0 Å². The van der Waals surface area contributed by atoms with Crippen LogP contribution in [0.3, 0.4) is 0 Å². The minimum atomic E-state index is 0.285. The monoisotopic (exact) mass is 312 g/mol. The standard InChI is InChI=1S/C18H20N2OS/c21-18(20-10-15-8-19-9-16(15)11-20)12-22-17-6-5-13-3-1-2-4-14(13)7-17/h1-7,15-16,19H,8-12H2/t15-,16+. The molecule has 2 aliphatic heterocycles. The van der Waals surface area contributed by atoms with E-state index in [1.807, 2.05) is 0 Å². The third-order valence-corrected chi connectivity index (χ3v) is 5.80. The number of nitrogens with one attached hydrogen (secondary N) is 1. The van der Waals surface area contributed by atoms with E-state index < -0.39 is 0 Å². The number of thioether (sulfide) groups is 1. The molecule has 0 saturated carbocycles. The van der Waals surface area contributed by atoms with E-state index in [1.165, 1.54) is 15.7 Å². The number of carbonyl (C=O) groups is 1. The second-order valence-electron chi connectivity index (χ2n) is 6.27. The first-order valence-electron chi connectivity index (χ1n) is 7.90. The number of likely N-dealkylation sites (tertiary alicyclic amines) is 1. The Morgan fingerprint density at radius 1 is 1.09 bits per heavy atom. The average molecular weight is 312 g/mol. The van der Waals surface area contributed by atoms with Gasteiger partial charge < -0.3 is 10.2 Å². The number of nitrogens with zero attached hydrogens (tertiary/aromatic N) is 1. The van der Waals surface area contributed by atoms with Crippen molar-refractivity contribution in [3.8, 4) is 0 Å². The van der Waals surface area contributed by atoms with Gasteiger partial charge >= 0.3 is 0 Å². The van der Waals surface area contributed by atoms with Crippen molar-refractivity contribution in [1.82, 2.24) is 10.2 Å². The van der Waals surface area contributed by atoms with Crippen molar-refractivity contribution in [1.29, 1.82) is 0 Å². The molecule has 2 fully saturated rings. The smallest absolute Gasteiger partial charge is 0.232 e. The quantitative estimate of drug-likeness (QED) is 0.884. The van der Waals surface area contributed by atoms with Gasteiger partial charge in [0.25, 0.3) is 0 Å². The Labute approximate surface area is 135 Å². The normalized spacial score (nSPS) is 23.9. The molecule has 0 unspecified atom stereocenters. The molecule has 0 aromatic heterocycles. The van der Waals surface area contributed by atoms with Gasteiger partial charge in [0, 0.05) is 31.1 Å². The van der Waals surface area contributed by atoms with Crippen LogP contribution in [0.25, 0.3) is 10.8 Å². The predicted molar refractivity (Wildman–Crippen MR) is 91.1 cm³/mol. The van der Waals surface area contributed by atoms with Crippen LogP contribution < -0.4 is 5.32 Å². The summed E-state index contributed by atoms with van der Waals surface area (Å²) in [7, 11) is 0. The lowest BCUT2D eigenvalue weighted by Crippen LogP contribution is -2.33. The lowest BCUT2D eigenvalue weighted by atomic mass is 10.0. The van der Waals surface area contributed by atoms with Gasteiger partial charge in [-0.15, -0.1) is 11.8 Å². The van der Waals surface area contributed by atoms with Gasteiger partial charge in [0.15, 0.2) is 0 Å². The number of benzene rings is 2. The minimum absolute atomic E-state index is 0.285. The van der Waals surface area contributed by atoms with E-state index in [0.717, 1.165) is 26.2 Å². The van der Waals surface area contributed by atoms with E-state index in [-0.39, 0.29) is 5.91 Å². The molecule has 0 spiro atoms. The van der Waals surface area contributed by atoms with Crippen molar-refractivity contribution >= 4 is 28.4 Å².